The van der Waals surface area contributed by atoms with Crippen molar-refractivity contribution in [2.75, 3.05) is 13.1 Å². The third kappa shape index (κ3) is 3.78. The Hall–Kier alpha value is -3.32. The lowest BCUT2D eigenvalue weighted by molar-refractivity contribution is -0.141. The van der Waals surface area contributed by atoms with Crippen LogP contribution in [-0.4, -0.2) is 40.6 Å². The number of piperidine rings is 1. The molecular formula is C27H27ClN2O5. The number of esters is 1. The highest BCUT2D eigenvalue weighted by Gasteiger charge is 2.48. The van der Waals surface area contributed by atoms with Crippen molar-refractivity contribution in [3.8, 4) is 0 Å². The second-order valence-corrected chi connectivity index (χ2v) is 10.7. The van der Waals surface area contributed by atoms with Gasteiger partial charge >= 0.3 is 11.9 Å². The minimum absolute atomic E-state index is 0.152. The predicted octanol–water partition coefficient (Wildman–Crippen LogP) is 4.87. The summed E-state index contributed by atoms with van der Waals surface area (Å²) in [6.07, 6.45) is 1.03. The van der Waals surface area contributed by atoms with Crippen LogP contribution >= 0.6 is 11.6 Å². The van der Waals surface area contributed by atoms with Crippen molar-refractivity contribution < 1.29 is 24.0 Å². The summed E-state index contributed by atoms with van der Waals surface area (Å²) in [6, 6.07) is 12.7. The first kappa shape index (κ1) is 23.4. The smallest absolute Gasteiger partial charge is 0.339 e. The Balaban J connectivity index is 1.54. The molecule has 35 heavy (non-hydrogen) atoms. The van der Waals surface area contributed by atoms with Gasteiger partial charge in [0.15, 0.2) is 0 Å². The van der Waals surface area contributed by atoms with Gasteiger partial charge in [0, 0.05) is 54.2 Å². The first-order valence-electron chi connectivity index (χ1n) is 11.7. The fourth-order valence-corrected chi connectivity index (χ4v) is 5.47. The number of aromatic nitrogens is 1. The quantitative estimate of drug-likeness (QED) is 0.475. The van der Waals surface area contributed by atoms with Crippen LogP contribution in [0.2, 0.25) is 5.02 Å². The minimum Gasteiger partial charge on any atom is -0.450 e. The molecule has 1 fully saturated rings. The van der Waals surface area contributed by atoms with Crippen LogP contribution in [0, 0.1) is 0 Å². The largest absolute Gasteiger partial charge is 0.450 e. The Kier molecular flexibility index (Phi) is 5.44. The number of benzene rings is 2. The van der Waals surface area contributed by atoms with Crippen LogP contribution in [0.1, 0.15) is 72.5 Å². The number of rotatable bonds is 2. The van der Waals surface area contributed by atoms with Crippen molar-refractivity contribution in [3.05, 3.63) is 69.9 Å². The summed E-state index contributed by atoms with van der Waals surface area (Å²) >= 11 is 6.26. The van der Waals surface area contributed by atoms with Gasteiger partial charge in [-0.05, 0) is 18.2 Å². The molecular weight excluding hydrogens is 468 g/mol. The zero-order chi connectivity index (χ0) is 25.1. The molecule has 0 bridgehead atoms. The van der Waals surface area contributed by atoms with E-state index in [1.807, 2.05) is 39.0 Å². The van der Waals surface area contributed by atoms with Crippen LogP contribution < -0.4 is 4.84 Å². The number of amides is 1. The lowest BCUT2D eigenvalue weighted by atomic mass is 9.83. The van der Waals surface area contributed by atoms with E-state index in [1.54, 1.807) is 29.2 Å². The Labute approximate surface area is 208 Å². The molecule has 1 saturated heterocycles. The number of carbonyl (C=O) groups is 3. The molecule has 0 radical (unpaired) electrons. The molecule has 1 amide bonds. The SMILES string of the molecule is CC(=O)On1c(C(C)(C)C)c(C(=O)N2CCC3(CC2)OC(=O)c2ccccc23)c2ccc(Cl)cc21. The molecule has 0 atom stereocenters. The monoisotopic (exact) mass is 494 g/mol. The van der Waals surface area contributed by atoms with Gasteiger partial charge in [-0.25, -0.2) is 9.59 Å². The van der Waals surface area contributed by atoms with Crippen molar-refractivity contribution >= 4 is 40.3 Å². The van der Waals surface area contributed by atoms with Crippen molar-refractivity contribution in [1.29, 1.82) is 0 Å². The Morgan fingerprint density at radius 3 is 2.43 bits per heavy atom. The summed E-state index contributed by atoms with van der Waals surface area (Å²) < 4.78 is 7.29. The molecule has 0 aliphatic carbocycles. The van der Waals surface area contributed by atoms with E-state index in [9.17, 15) is 14.4 Å². The number of ether oxygens (including phenoxy) is 1. The van der Waals surface area contributed by atoms with E-state index < -0.39 is 17.0 Å². The average Bonchev–Trinajstić information content (AvgIpc) is 3.26. The summed E-state index contributed by atoms with van der Waals surface area (Å²) in [5, 5.41) is 1.15. The third-order valence-electron chi connectivity index (χ3n) is 6.82. The maximum absolute atomic E-state index is 14.0. The highest BCUT2D eigenvalue weighted by Crippen LogP contribution is 2.45. The lowest BCUT2D eigenvalue weighted by Crippen LogP contribution is -2.45. The van der Waals surface area contributed by atoms with Gasteiger partial charge in [-0.2, -0.15) is 4.73 Å². The molecule has 8 heteroatoms. The average molecular weight is 495 g/mol. The van der Waals surface area contributed by atoms with E-state index in [1.165, 1.54) is 11.7 Å². The fraction of sp³-hybridized carbons (Fsp3) is 0.370. The number of likely N-dealkylation sites (tertiary alicyclic amines) is 1. The normalized spacial score (nSPS) is 16.9. The van der Waals surface area contributed by atoms with E-state index in [2.05, 4.69) is 0 Å². The summed E-state index contributed by atoms with van der Waals surface area (Å²) in [4.78, 5) is 45.8. The summed E-state index contributed by atoms with van der Waals surface area (Å²) in [6.45, 7) is 8.10. The predicted molar refractivity (Wildman–Crippen MR) is 132 cm³/mol. The number of fused-ring (bicyclic) bond motifs is 3. The van der Waals surface area contributed by atoms with Crippen LogP contribution in [0.3, 0.4) is 0 Å². The zero-order valence-electron chi connectivity index (χ0n) is 20.2. The third-order valence-corrected chi connectivity index (χ3v) is 7.05. The van der Waals surface area contributed by atoms with Crippen molar-refractivity contribution in [2.45, 2.75) is 51.6 Å². The van der Waals surface area contributed by atoms with Crippen LogP contribution in [0.5, 0.6) is 0 Å². The summed E-state index contributed by atoms with van der Waals surface area (Å²) in [7, 11) is 0. The van der Waals surface area contributed by atoms with E-state index in [4.69, 9.17) is 21.2 Å². The molecule has 1 aromatic heterocycles. The summed E-state index contributed by atoms with van der Waals surface area (Å²) in [5.74, 6) is -0.953. The molecule has 0 unspecified atom stereocenters. The number of hydrogen-bond donors (Lipinski definition) is 0. The van der Waals surface area contributed by atoms with Gasteiger partial charge in [-0.15, -0.1) is 0 Å². The van der Waals surface area contributed by atoms with Gasteiger partial charge < -0.3 is 14.5 Å². The molecule has 3 aromatic rings. The highest BCUT2D eigenvalue weighted by molar-refractivity contribution is 6.31. The molecule has 2 aliphatic heterocycles. The molecule has 2 aliphatic rings. The molecule has 3 heterocycles. The number of nitrogens with zero attached hydrogens (tertiary/aromatic N) is 2. The van der Waals surface area contributed by atoms with Gasteiger partial charge in [0.1, 0.15) is 5.60 Å². The van der Waals surface area contributed by atoms with E-state index >= 15 is 0 Å². The first-order chi connectivity index (χ1) is 16.5. The topological polar surface area (TPSA) is 77.8 Å². The van der Waals surface area contributed by atoms with Gasteiger partial charge in [0.05, 0.1) is 22.3 Å². The van der Waals surface area contributed by atoms with Gasteiger partial charge in [0.2, 0.25) is 0 Å². The first-order valence-corrected chi connectivity index (χ1v) is 12.1. The molecule has 182 valence electrons. The zero-order valence-corrected chi connectivity index (χ0v) is 20.9. The van der Waals surface area contributed by atoms with Crippen LogP contribution in [-0.2, 0) is 20.5 Å². The standard InChI is InChI=1S/C27H27ClN2O5/c1-16(31)35-30-21-15-17(28)9-10-19(21)22(23(30)26(2,3)4)24(32)29-13-11-27(12-14-29)20-8-6-5-7-18(20)25(33)34-27/h5-10,15H,11-14H2,1-4H3. The van der Waals surface area contributed by atoms with E-state index in [-0.39, 0.29) is 11.9 Å². The maximum Gasteiger partial charge on any atom is 0.339 e. The van der Waals surface area contributed by atoms with E-state index in [0.717, 1.165) is 5.56 Å². The number of hydrogen-bond acceptors (Lipinski definition) is 5. The molecule has 2 aromatic carbocycles. The molecule has 5 rings (SSSR count). The van der Waals surface area contributed by atoms with Crippen LogP contribution in [0.15, 0.2) is 42.5 Å². The Bertz CT molecular complexity index is 1380. The maximum atomic E-state index is 14.0. The van der Waals surface area contributed by atoms with Crippen molar-refractivity contribution in [2.24, 2.45) is 0 Å². The molecule has 0 N–H and O–H groups in total. The van der Waals surface area contributed by atoms with Gasteiger partial charge in [0.25, 0.3) is 5.91 Å². The second-order valence-electron chi connectivity index (χ2n) is 10.2. The molecule has 1 spiro atoms. The lowest BCUT2D eigenvalue weighted by Gasteiger charge is -2.39. The Morgan fingerprint density at radius 1 is 1.09 bits per heavy atom. The Morgan fingerprint density at radius 2 is 1.77 bits per heavy atom. The number of halogens is 1. The molecule has 7 nitrogen and oxygen atoms in total. The second kappa shape index (κ2) is 8.12. The van der Waals surface area contributed by atoms with E-state index in [0.29, 0.717) is 58.7 Å². The minimum atomic E-state index is -0.698. The molecule has 0 saturated carbocycles. The summed E-state index contributed by atoms with van der Waals surface area (Å²) in [5.41, 5.74) is 1.95. The van der Waals surface area contributed by atoms with Crippen LogP contribution in [0.4, 0.5) is 0 Å². The van der Waals surface area contributed by atoms with Gasteiger partial charge in [-0.1, -0.05) is 56.6 Å². The fourth-order valence-electron chi connectivity index (χ4n) is 5.30. The van der Waals surface area contributed by atoms with Crippen molar-refractivity contribution in [3.63, 3.8) is 0 Å². The van der Waals surface area contributed by atoms with Crippen molar-refractivity contribution in [1.82, 2.24) is 9.63 Å². The number of carbonyl (C=O) groups excluding carboxylic acids is 3. The highest BCUT2D eigenvalue weighted by atomic mass is 35.5. The van der Waals surface area contributed by atoms with Crippen LogP contribution in [0.25, 0.3) is 10.9 Å². The van der Waals surface area contributed by atoms with Gasteiger partial charge in [-0.3, -0.25) is 4.79 Å².